The molecule has 0 aromatic heterocycles. The van der Waals surface area contributed by atoms with E-state index in [1.54, 1.807) is 0 Å². The number of nitrogens with zero attached hydrogens (tertiary/aromatic N) is 2. The van der Waals surface area contributed by atoms with Crippen LogP contribution in [0.3, 0.4) is 0 Å². The van der Waals surface area contributed by atoms with E-state index >= 15 is 0 Å². The van der Waals surface area contributed by atoms with Crippen molar-refractivity contribution in [1.29, 1.82) is 0 Å². The van der Waals surface area contributed by atoms with Crippen LogP contribution in [0.1, 0.15) is 89.9 Å². The maximum atomic E-state index is 12.3. The normalized spacial score (nSPS) is 24.6. The van der Waals surface area contributed by atoms with Crippen LogP contribution in [0.4, 0.5) is 0 Å². The molecule has 0 atom stereocenters. The van der Waals surface area contributed by atoms with Gasteiger partial charge in [-0.15, -0.1) is 0 Å². The van der Waals surface area contributed by atoms with E-state index in [-0.39, 0.29) is 37.9 Å². The first-order valence-corrected chi connectivity index (χ1v) is 14.0. The van der Waals surface area contributed by atoms with Gasteiger partial charge in [0.2, 0.25) is 0 Å². The summed E-state index contributed by atoms with van der Waals surface area (Å²) < 4.78 is 24.4. The van der Waals surface area contributed by atoms with Crippen LogP contribution in [0.25, 0.3) is 0 Å². The first kappa shape index (κ1) is 23.0. The van der Waals surface area contributed by atoms with Crippen LogP contribution < -0.4 is 0 Å². The van der Waals surface area contributed by atoms with Gasteiger partial charge >= 0.3 is 187 Å². The molecule has 0 unspecified atom stereocenters. The van der Waals surface area contributed by atoms with Crippen molar-refractivity contribution in [3.05, 3.63) is 0 Å². The molecule has 0 bridgehead atoms. The molecule has 0 N–H and O–H groups in total. The molecule has 31 heavy (non-hydrogen) atoms. The number of rotatable bonds is 8. The molecular weight excluding hydrogens is 444 g/mol. The topological polar surface area (TPSA) is 112 Å². The van der Waals surface area contributed by atoms with Crippen molar-refractivity contribution < 1.29 is 50.8 Å². The Morgan fingerprint density at radius 3 is 1.19 bits per heavy atom. The van der Waals surface area contributed by atoms with E-state index in [9.17, 15) is 19.2 Å². The van der Waals surface area contributed by atoms with Crippen molar-refractivity contribution in [2.45, 2.75) is 102 Å². The molecule has 4 aliphatic rings. The molecule has 4 amide bonds. The van der Waals surface area contributed by atoms with Crippen LogP contribution in [-0.2, 0) is 50.8 Å². The summed E-state index contributed by atoms with van der Waals surface area (Å²) in [4.78, 5) is 49.2. The van der Waals surface area contributed by atoms with E-state index in [1.807, 2.05) is 0 Å². The van der Waals surface area contributed by atoms with E-state index in [1.165, 1.54) is 0 Å². The molecule has 0 aromatic carbocycles. The Morgan fingerprint density at radius 1 is 0.548 bits per heavy atom. The number of hydrogen-bond donors (Lipinski definition) is 0. The average Bonchev–Trinajstić information content (AvgIpc) is 3.25. The third kappa shape index (κ3) is 5.61. The zero-order chi connectivity index (χ0) is 21.8. The Kier molecular flexibility index (Phi) is 7.56. The van der Waals surface area contributed by atoms with Crippen LogP contribution in [-0.4, -0.2) is 46.0 Å². The van der Waals surface area contributed by atoms with E-state index in [2.05, 4.69) is 0 Å². The molecule has 2 aliphatic heterocycles. The van der Waals surface area contributed by atoms with Crippen LogP contribution in [0.15, 0.2) is 0 Å². The van der Waals surface area contributed by atoms with Gasteiger partial charge in [-0.05, 0) is 0 Å². The molecule has 2 aliphatic carbocycles. The van der Waals surface area contributed by atoms with Crippen LogP contribution in [0.5, 0.6) is 0 Å². The summed E-state index contributed by atoms with van der Waals surface area (Å²) in [5.74, 6) is -1.99. The predicted molar refractivity (Wildman–Crippen MR) is 100 cm³/mol. The minimum atomic E-state index is -4.98. The van der Waals surface area contributed by atoms with Gasteiger partial charge in [0.15, 0.2) is 0 Å². The summed E-state index contributed by atoms with van der Waals surface area (Å²) in [5, 5.41) is 1.35. The fourth-order valence-electron chi connectivity index (χ4n) is 4.44. The van der Waals surface area contributed by atoms with Gasteiger partial charge in [0.05, 0.1) is 0 Å². The number of imide groups is 2. The molecule has 11 heteroatoms. The molecule has 2 saturated heterocycles. The van der Waals surface area contributed by atoms with Crippen molar-refractivity contribution in [1.82, 2.24) is 10.1 Å². The molecule has 2 saturated carbocycles. The number of hydrogen-bond acceptors (Lipinski definition) is 8. The van der Waals surface area contributed by atoms with Crippen molar-refractivity contribution in [2.75, 3.05) is 0 Å². The Morgan fingerprint density at radius 2 is 0.871 bits per heavy atom. The zero-order valence-corrected chi connectivity index (χ0v) is 19.3. The summed E-state index contributed by atoms with van der Waals surface area (Å²) in [5.41, 5.74) is 0. The predicted octanol–water partition coefficient (Wildman–Crippen LogP) is 2.66. The molecule has 4 rings (SSSR count). The van der Waals surface area contributed by atoms with Gasteiger partial charge in [-0.25, -0.2) is 0 Å². The SMILES string of the molecule is O=C1CCC(=O)N1[O][Ti]([O]C1CCCCC1)([O]C1CCCCC1)[O]N1C(=O)CCC1=O. The fraction of sp³-hybridized carbons (Fsp3) is 0.800. The summed E-state index contributed by atoms with van der Waals surface area (Å²) in [6, 6.07) is 0. The van der Waals surface area contributed by atoms with Gasteiger partial charge in [0, 0.05) is 0 Å². The Balaban J connectivity index is 1.63. The zero-order valence-electron chi connectivity index (χ0n) is 17.7. The maximum absolute atomic E-state index is 12.3. The van der Waals surface area contributed by atoms with E-state index in [4.69, 9.17) is 13.5 Å². The van der Waals surface area contributed by atoms with Gasteiger partial charge in [-0.3, -0.25) is 0 Å². The van der Waals surface area contributed by atoms with Crippen molar-refractivity contribution in [3.63, 3.8) is 0 Å². The molecular formula is C20H30N2O8Ti. The van der Waals surface area contributed by atoms with Gasteiger partial charge < -0.3 is 0 Å². The number of carbonyl (C=O) groups excluding carboxylic acids is 4. The molecule has 2 heterocycles. The standard InChI is InChI=1S/2C6H11O.2C4H4NO3.Ti/c2*7-6-4-2-1-3-5-6;2*6-3-1-2-4(7)5(3)8;/h2*6H,1-5H2;2*1-2H2;/q4*-1;+4. The monoisotopic (exact) mass is 474 g/mol. The number of hydroxylamine groups is 4. The summed E-state index contributed by atoms with van der Waals surface area (Å²) in [6.07, 6.45) is 8.76. The summed E-state index contributed by atoms with van der Waals surface area (Å²) >= 11 is -4.98. The first-order valence-electron chi connectivity index (χ1n) is 11.4. The molecule has 0 spiro atoms. The number of amides is 4. The van der Waals surface area contributed by atoms with Gasteiger partial charge in [0.1, 0.15) is 0 Å². The van der Waals surface area contributed by atoms with Crippen molar-refractivity contribution in [3.8, 4) is 0 Å². The molecule has 0 radical (unpaired) electrons. The van der Waals surface area contributed by atoms with Gasteiger partial charge in [0.25, 0.3) is 0 Å². The fourth-order valence-corrected chi connectivity index (χ4v) is 8.20. The van der Waals surface area contributed by atoms with Crippen LogP contribution >= 0.6 is 0 Å². The summed E-state index contributed by atoms with van der Waals surface area (Å²) in [6.45, 7) is 0. The first-order chi connectivity index (χ1) is 15.0. The van der Waals surface area contributed by atoms with E-state index < -0.39 is 41.8 Å². The molecule has 4 fully saturated rings. The second-order valence-corrected chi connectivity index (χ2v) is 11.5. The van der Waals surface area contributed by atoms with Crippen molar-refractivity contribution >= 4 is 23.6 Å². The van der Waals surface area contributed by atoms with Gasteiger partial charge in [-0.2, -0.15) is 0 Å². The third-order valence-corrected chi connectivity index (χ3v) is 9.36. The Labute approximate surface area is 186 Å². The van der Waals surface area contributed by atoms with Crippen molar-refractivity contribution in [2.24, 2.45) is 0 Å². The van der Waals surface area contributed by atoms with Crippen LogP contribution in [0, 0.1) is 0 Å². The summed E-state index contributed by atoms with van der Waals surface area (Å²) in [7, 11) is 0. The minimum absolute atomic E-state index is 0.0333. The van der Waals surface area contributed by atoms with Gasteiger partial charge in [-0.1, -0.05) is 0 Å². The average molecular weight is 474 g/mol. The number of carbonyl (C=O) groups is 4. The second kappa shape index (κ2) is 10.2. The Hall–Kier alpha value is -1.17. The third-order valence-electron chi connectivity index (χ3n) is 6.14. The molecule has 172 valence electrons. The molecule has 0 aromatic rings. The van der Waals surface area contributed by atoms with Crippen LogP contribution in [0.2, 0.25) is 0 Å². The quantitative estimate of drug-likeness (QED) is 0.390. The molecule has 10 nitrogen and oxygen atoms in total. The Bertz CT molecular complexity index is 628. The van der Waals surface area contributed by atoms with E-state index in [0.717, 1.165) is 64.2 Å². The van der Waals surface area contributed by atoms with E-state index in [0.29, 0.717) is 10.1 Å². The second-order valence-electron chi connectivity index (χ2n) is 8.60.